The van der Waals surface area contributed by atoms with Crippen molar-refractivity contribution in [2.75, 3.05) is 6.79 Å². The lowest BCUT2D eigenvalue weighted by Crippen LogP contribution is -2.39. The average Bonchev–Trinajstić information content (AvgIpc) is 3.01. The predicted octanol–water partition coefficient (Wildman–Crippen LogP) is 1.45. The van der Waals surface area contributed by atoms with Crippen LogP contribution in [0.1, 0.15) is 17.0 Å². The third-order valence-electron chi connectivity index (χ3n) is 4.99. The zero-order valence-corrected chi connectivity index (χ0v) is 14.7. The van der Waals surface area contributed by atoms with Crippen LogP contribution in [0.5, 0.6) is 11.5 Å². The van der Waals surface area contributed by atoms with E-state index in [1.807, 2.05) is 6.92 Å². The van der Waals surface area contributed by atoms with Crippen molar-refractivity contribution in [3.8, 4) is 11.5 Å². The van der Waals surface area contributed by atoms with E-state index >= 15 is 0 Å². The Bertz CT molecular complexity index is 1000. The number of aryl methyl sites for hydroxylation is 1. The zero-order chi connectivity index (χ0) is 18.7. The maximum absolute atomic E-state index is 13.0. The monoisotopic (exact) mass is 375 g/mol. The van der Waals surface area contributed by atoms with Crippen molar-refractivity contribution in [3.05, 3.63) is 53.6 Å². The Labute approximate surface area is 150 Å². The van der Waals surface area contributed by atoms with Crippen LogP contribution in [0.15, 0.2) is 47.4 Å². The van der Waals surface area contributed by atoms with Crippen LogP contribution < -0.4 is 15.2 Å². The molecule has 0 saturated heterocycles. The molecule has 1 heterocycles. The second-order valence-corrected chi connectivity index (χ2v) is 8.68. The van der Waals surface area contributed by atoms with Crippen molar-refractivity contribution < 1.29 is 27.8 Å². The van der Waals surface area contributed by atoms with E-state index < -0.39 is 32.5 Å². The van der Waals surface area contributed by atoms with Gasteiger partial charge in [-0.05, 0) is 36.8 Å². The summed E-state index contributed by atoms with van der Waals surface area (Å²) in [6.07, 6.45) is 0. The summed E-state index contributed by atoms with van der Waals surface area (Å²) in [6.45, 7) is 1.91. The molecule has 0 amide bonds. The number of carboxylic acids is 1. The molecule has 8 heteroatoms. The molecule has 1 saturated carbocycles. The summed E-state index contributed by atoms with van der Waals surface area (Å²) >= 11 is 0. The molecule has 2 aliphatic rings. The maximum Gasteiger partial charge on any atom is 0.325 e. The molecule has 136 valence electrons. The van der Waals surface area contributed by atoms with E-state index in [0.717, 1.165) is 5.56 Å². The topological polar surface area (TPSA) is 116 Å². The number of hydrogen-bond acceptors (Lipinski definition) is 6. The van der Waals surface area contributed by atoms with Gasteiger partial charge in [0.05, 0.1) is 4.90 Å². The van der Waals surface area contributed by atoms with E-state index in [2.05, 4.69) is 0 Å². The van der Waals surface area contributed by atoms with Gasteiger partial charge < -0.3 is 20.3 Å². The number of benzene rings is 2. The molecule has 3 atom stereocenters. The number of nitrogens with two attached hydrogens (primary N) is 1. The second-order valence-electron chi connectivity index (χ2n) is 6.61. The van der Waals surface area contributed by atoms with Gasteiger partial charge in [-0.15, -0.1) is 0 Å². The number of aliphatic carboxylic acids is 1. The number of hydrogen-bond donors (Lipinski definition) is 2. The van der Waals surface area contributed by atoms with Crippen LogP contribution >= 0.6 is 0 Å². The maximum atomic E-state index is 13.0. The summed E-state index contributed by atoms with van der Waals surface area (Å²) in [5, 5.41) is 8.36. The summed E-state index contributed by atoms with van der Waals surface area (Å²) in [5.74, 6) is -1.24. The second kappa shape index (κ2) is 5.46. The van der Waals surface area contributed by atoms with Gasteiger partial charge in [-0.1, -0.05) is 23.8 Å². The minimum Gasteiger partial charge on any atom is -0.480 e. The molecule has 3 unspecified atom stereocenters. The first-order valence-corrected chi connectivity index (χ1v) is 9.53. The minimum atomic E-state index is -3.92. The molecule has 4 rings (SSSR count). The van der Waals surface area contributed by atoms with Crippen molar-refractivity contribution in [1.29, 1.82) is 0 Å². The molecule has 1 aliphatic heterocycles. The number of sulfone groups is 1. The van der Waals surface area contributed by atoms with E-state index in [1.54, 1.807) is 30.3 Å². The lowest BCUT2D eigenvalue weighted by Gasteiger charge is -2.07. The Morgan fingerprint density at radius 1 is 1.15 bits per heavy atom. The summed E-state index contributed by atoms with van der Waals surface area (Å²) in [5.41, 5.74) is 5.57. The van der Waals surface area contributed by atoms with E-state index in [1.165, 1.54) is 12.1 Å². The first-order valence-electron chi connectivity index (χ1n) is 7.98. The van der Waals surface area contributed by atoms with Gasteiger partial charge in [-0.3, -0.25) is 4.79 Å². The summed E-state index contributed by atoms with van der Waals surface area (Å²) < 4.78 is 36.6. The Morgan fingerprint density at radius 2 is 1.81 bits per heavy atom. The lowest BCUT2D eigenvalue weighted by molar-refractivity contribution is -0.139. The fourth-order valence-electron chi connectivity index (χ4n) is 3.50. The number of rotatable bonds is 4. The van der Waals surface area contributed by atoms with Crippen LogP contribution in [0.2, 0.25) is 0 Å². The van der Waals surface area contributed by atoms with E-state index in [4.69, 9.17) is 15.2 Å². The van der Waals surface area contributed by atoms with Gasteiger partial charge in [0.25, 0.3) is 0 Å². The van der Waals surface area contributed by atoms with Crippen LogP contribution in [0.3, 0.4) is 0 Å². The van der Waals surface area contributed by atoms with Crippen molar-refractivity contribution in [2.24, 2.45) is 5.73 Å². The predicted molar refractivity (Wildman–Crippen MR) is 92.0 cm³/mol. The Balaban J connectivity index is 1.77. The first-order chi connectivity index (χ1) is 12.3. The van der Waals surface area contributed by atoms with E-state index in [-0.39, 0.29) is 11.7 Å². The molecule has 0 radical (unpaired) electrons. The van der Waals surface area contributed by atoms with Crippen molar-refractivity contribution >= 4 is 15.8 Å². The molecule has 0 spiro atoms. The molecule has 0 bridgehead atoms. The largest absolute Gasteiger partial charge is 0.480 e. The quantitative estimate of drug-likeness (QED) is 0.831. The van der Waals surface area contributed by atoms with Gasteiger partial charge in [0, 0.05) is 5.92 Å². The number of ether oxygens (including phenoxy) is 2. The average molecular weight is 375 g/mol. The fourth-order valence-corrected chi connectivity index (χ4v) is 5.73. The van der Waals surface area contributed by atoms with Gasteiger partial charge in [0.2, 0.25) is 6.79 Å². The highest BCUT2D eigenvalue weighted by molar-refractivity contribution is 7.92. The number of fused-ring (bicyclic) bond motifs is 1. The normalized spacial score (nSPS) is 26.5. The molecule has 3 N–H and O–H groups in total. The molecular weight excluding hydrogens is 358 g/mol. The smallest absolute Gasteiger partial charge is 0.325 e. The van der Waals surface area contributed by atoms with Crippen molar-refractivity contribution in [2.45, 2.75) is 28.5 Å². The van der Waals surface area contributed by atoms with E-state index in [0.29, 0.717) is 17.1 Å². The molecule has 26 heavy (non-hydrogen) atoms. The highest BCUT2D eigenvalue weighted by Gasteiger charge is 2.74. The minimum absolute atomic E-state index is 0.0624. The number of carbonyl (C=O) groups is 1. The molecule has 0 aromatic heterocycles. The molecule has 1 aliphatic carbocycles. The molecule has 7 nitrogen and oxygen atoms in total. The van der Waals surface area contributed by atoms with E-state index in [9.17, 15) is 18.3 Å². The SMILES string of the molecule is Cc1ccc(S(=O)(=O)C2C(c3ccc4c(c3)OCO4)C2(N)C(=O)O)cc1. The van der Waals surface area contributed by atoms with Gasteiger partial charge in [-0.25, -0.2) is 8.42 Å². The van der Waals surface area contributed by atoms with Crippen molar-refractivity contribution in [1.82, 2.24) is 0 Å². The van der Waals surface area contributed by atoms with Crippen LogP contribution in [-0.2, 0) is 14.6 Å². The zero-order valence-electron chi connectivity index (χ0n) is 13.9. The third kappa shape index (κ3) is 2.29. The van der Waals surface area contributed by atoms with Crippen LogP contribution in [-0.4, -0.2) is 37.1 Å². The summed E-state index contributed by atoms with van der Waals surface area (Å²) in [4.78, 5) is 11.9. The molecular formula is C18H17NO6S. The Hall–Kier alpha value is -2.58. The molecule has 2 aromatic rings. The van der Waals surface area contributed by atoms with Gasteiger partial charge >= 0.3 is 5.97 Å². The Kier molecular flexibility index (Phi) is 3.54. The van der Waals surface area contributed by atoms with Gasteiger partial charge in [0.1, 0.15) is 10.8 Å². The standard InChI is InChI=1S/C18H17NO6S/c1-10-2-5-12(6-3-10)26(22,23)16-15(18(16,19)17(20)21)11-4-7-13-14(8-11)25-9-24-13/h2-8,15-16H,9,19H2,1H3,(H,20,21). The fraction of sp³-hybridized carbons (Fsp3) is 0.278. The first kappa shape index (κ1) is 16.9. The van der Waals surface area contributed by atoms with Gasteiger partial charge in [-0.2, -0.15) is 0 Å². The van der Waals surface area contributed by atoms with Crippen LogP contribution in [0, 0.1) is 6.92 Å². The van der Waals surface area contributed by atoms with Gasteiger partial charge in [0.15, 0.2) is 21.3 Å². The van der Waals surface area contributed by atoms with Crippen molar-refractivity contribution in [3.63, 3.8) is 0 Å². The molecule has 2 aromatic carbocycles. The Morgan fingerprint density at radius 3 is 2.46 bits per heavy atom. The molecule has 1 fully saturated rings. The van der Waals surface area contributed by atoms with Crippen LogP contribution in [0.25, 0.3) is 0 Å². The summed E-state index contributed by atoms with van der Waals surface area (Å²) in [7, 11) is -3.92. The van der Waals surface area contributed by atoms with Crippen LogP contribution in [0.4, 0.5) is 0 Å². The highest BCUT2D eigenvalue weighted by atomic mass is 32.2. The number of carboxylic acid groups (broad SMARTS) is 1. The third-order valence-corrected chi connectivity index (χ3v) is 7.25. The lowest BCUT2D eigenvalue weighted by atomic mass is 10.1. The highest BCUT2D eigenvalue weighted by Crippen LogP contribution is 2.56. The summed E-state index contributed by atoms with van der Waals surface area (Å²) in [6, 6.07) is 11.2.